The first-order valence-electron chi connectivity index (χ1n) is 6.56. The van der Waals surface area contributed by atoms with E-state index in [4.69, 9.17) is 22.6 Å². The van der Waals surface area contributed by atoms with Crippen molar-refractivity contribution in [2.24, 2.45) is 5.73 Å². The molecule has 0 aliphatic rings. The molecule has 104 valence electrons. The van der Waals surface area contributed by atoms with Gasteiger partial charge in [0, 0.05) is 6.04 Å². The molecule has 1 atom stereocenters. The highest BCUT2D eigenvalue weighted by Crippen LogP contribution is 2.27. The van der Waals surface area contributed by atoms with E-state index in [0.717, 1.165) is 24.8 Å². The molecule has 0 spiro atoms. The Labute approximate surface area is 119 Å². The van der Waals surface area contributed by atoms with Crippen LogP contribution in [0.4, 0.5) is 4.39 Å². The van der Waals surface area contributed by atoms with E-state index in [2.05, 4.69) is 6.07 Å². The number of hydrogen-bond donors (Lipinski definition) is 1. The lowest BCUT2D eigenvalue weighted by Crippen LogP contribution is -2.18. The third-order valence-electron chi connectivity index (χ3n) is 3.13. The van der Waals surface area contributed by atoms with Crippen LogP contribution in [0.1, 0.15) is 50.2 Å². The molecule has 0 fully saturated rings. The Bertz CT molecular complexity index is 466. The molecule has 1 unspecified atom stereocenters. The average Bonchev–Trinajstić information content (AvgIpc) is 2.33. The Balaban J connectivity index is 2.67. The van der Waals surface area contributed by atoms with Crippen LogP contribution in [0.2, 0.25) is 5.02 Å². The second-order valence-electron chi connectivity index (χ2n) is 5.15. The van der Waals surface area contributed by atoms with Crippen molar-refractivity contribution in [1.29, 1.82) is 5.26 Å². The molecule has 0 saturated carbocycles. The zero-order valence-corrected chi connectivity index (χ0v) is 12.2. The Morgan fingerprint density at radius 3 is 2.68 bits per heavy atom. The largest absolute Gasteiger partial charge is 0.327 e. The summed E-state index contributed by atoms with van der Waals surface area (Å²) < 4.78 is 13.8. The molecule has 2 nitrogen and oxygen atoms in total. The molecule has 1 aromatic rings. The first-order valence-corrected chi connectivity index (χ1v) is 6.93. The third-order valence-corrected chi connectivity index (χ3v) is 3.41. The van der Waals surface area contributed by atoms with Crippen LogP contribution in [0, 0.1) is 17.1 Å². The Kier molecular flexibility index (Phi) is 6.27. The zero-order valence-electron chi connectivity index (χ0n) is 11.4. The van der Waals surface area contributed by atoms with E-state index >= 15 is 0 Å². The quantitative estimate of drug-likeness (QED) is 0.851. The Morgan fingerprint density at radius 1 is 1.42 bits per heavy atom. The lowest BCUT2D eigenvalue weighted by molar-refractivity contribution is 0.585. The number of hydrogen-bond acceptors (Lipinski definition) is 2. The minimum Gasteiger partial charge on any atom is -0.327 e. The maximum Gasteiger partial charge on any atom is 0.145 e. The number of nitrogens with zero attached hydrogens (tertiary/aromatic N) is 1. The van der Waals surface area contributed by atoms with Crippen molar-refractivity contribution in [2.75, 3.05) is 0 Å². The number of halogens is 2. The molecule has 0 amide bonds. The van der Waals surface area contributed by atoms with Crippen molar-refractivity contribution in [3.63, 3.8) is 0 Å². The molecule has 1 aromatic carbocycles. The predicted molar refractivity (Wildman–Crippen MR) is 76.6 cm³/mol. The Hall–Kier alpha value is -1.11. The van der Waals surface area contributed by atoms with Gasteiger partial charge in [0.25, 0.3) is 0 Å². The summed E-state index contributed by atoms with van der Waals surface area (Å²) in [5, 5.41) is 8.71. The fraction of sp³-hybridized carbons (Fsp3) is 0.533. The van der Waals surface area contributed by atoms with E-state index < -0.39 is 0 Å². The summed E-state index contributed by atoms with van der Waals surface area (Å²) in [6, 6.07) is 5.54. The summed E-state index contributed by atoms with van der Waals surface area (Å²) in [4.78, 5) is 0. The van der Waals surface area contributed by atoms with Gasteiger partial charge in [-0.15, -0.1) is 0 Å². The summed E-state index contributed by atoms with van der Waals surface area (Å²) in [7, 11) is 0. The summed E-state index contributed by atoms with van der Waals surface area (Å²) in [5.41, 5.74) is 7.46. The van der Waals surface area contributed by atoms with Gasteiger partial charge in [-0.1, -0.05) is 31.5 Å². The molecular weight excluding hydrogens is 263 g/mol. The highest BCUT2D eigenvalue weighted by molar-refractivity contribution is 6.30. The maximum absolute atomic E-state index is 13.8. The SMILES string of the molecule is CC(C)c1cc(CCCC(N)CC#N)cc(Cl)c1F. The standard InChI is InChI=1S/C15H20ClFN2/c1-10(2)13-8-11(9-14(16)15(13)17)4-3-5-12(19)6-7-18/h8-10,12H,3-6,19H2,1-2H3. The van der Waals surface area contributed by atoms with Crippen LogP contribution in [0.5, 0.6) is 0 Å². The van der Waals surface area contributed by atoms with Crippen LogP contribution in [-0.4, -0.2) is 6.04 Å². The van der Waals surface area contributed by atoms with Crippen molar-refractivity contribution >= 4 is 11.6 Å². The molecule has 0 heterocycles. The first-order chi connectivity index (χ1) is 8.95. The predicted octanol–water partition coefficient (Wildman–Crippen LogP) is 4.17. The minimum absolute atomic E-state index is 0.0783. The normalized spacial score (nSPS) is 12.5. The van der Waals surface area contributed by atoms with Crippen molar-refractivity contribution in [1.82, 2.24) is 0 Å². The monoisotopic (exact) mass is 282 g/mol. The van der Waals surface area contributed by atoms with Gasteiger partial charge in [-0.2, -0.15) is 5.26 Å². The number of rotatable bonds is 6. The molecule has 2 N–H and O–H groups in total. The van der Waals surface area contributed by atoms with Gasteiger partial charge in [0.2, 0.25) is 0 Å². The van der Waals surface area contributed by atoms with Crippen molar-refractivity contribution in [2.45, 2.75) is 51.5 Å². The van der Waals surface area contributed by atoms with Gasteiger partial charge in [0.15, 0.2) is 0 Å². The fourth-order valence-electron chi connectivity index (χ4n) is 2.02. The number of nitrogens with two attached hydrogens (primary N) is 1. The first kappa shape index (κ1) is 15.9. The van der Waals surface area contributed by atoms with Gasteiger partial charge in [-0.05, 0) is 42.4 Å². The summed E-state index contributed by atoms with van der Waals surface area (Å²) >= 11 is 5.91. The van der Waals surface area contributed by atoms with Gasteiger partial charge < -0.3 is 5.73 Å². The summed E-state index contributed by atoms with van der Waals surface area (Å²) in [5.74, 6) is -0.208. The van der Waals surface area contributed by atoms with Crippen LogP contribution in [0.25, 0.3) is 0 Å². The van der Waals surface area contributed by atoms with Crippen LogP contribution in [0.3, 0.4) is 0 Å². The second kappa shape index (κ2) is 7.47. The average molecular weight is 283 g/mol. The number of nitriles is 1. The van der Waals surface area contributed by atoms with Gasteiger partial charge >= 0.3 is 0 Å². The molecule has 4 heteroatoms. The molecule has 0 aromatic heterocycles. The van der Waals surface area contributed by atoms with Crippen LogP contribution < -0.4 is 5.73 Å². The summed E-state index contributed by atoms with van der Waals surface area (Å²) in [6.45, 7) is 3.89. The second-order valence-corrected chi connectivity index (χ2v) is 5.56. The highest BCUT2D eigenvalue weighted by atomic mass is 35.5. The summed E-state index contributed by atoms with van der Waals surface area (Å²) in [6.07, 6.45) is 2.85. The molecular formula is C15H20ClFN2. The van der Waals surface area contributed by atoms with E-state index in [-0.39, 0.29) is 22.8 Å². The van der Waals surface area contributed by atoms with E-state index in [9.17, 15) is 4.39 Å². The van der Waals surface area contributed by atoms with E-state index in [1.807, 2.05) is 19.9 Å². The zero-order chi connectivity index (χ0) is 14.4. The minimum atomic E-state index is -0.318. The van der Waals surface area contributed by atoms with Crippen molar-refractivity contribution < 1.29 is 4.39 Å². The van der Waals surface area contributed by atoms with E-state index in [1.165, 1.54) is 0 Å². The molecule has 0 bridgehead atoms. The van der Waals surface area contributed by atoms with Gasteiger partial charge in [0.05, 0.1) is 17.5 Å². The molecule has 1 rings (SSSR count). The molecule has 0 radical (unpaired) electrons. The lowest BCUT2D eigenvalue weighted by Gasteiger charge is -2.12. The smallest absolute Gasteiger partial charge is 0.145 e. The third kappa shape index (κ3) is 4.81. The van der Waals surface area contributed by atoms with E-state index in [1.54, 1.807) is 6.07 Å². The van der Waals surface area contributed by atoms with Crippen molar-refractivity contribution in [3.05, 3.63) is 34.1 Å². The maximum atomic E-state index is 13.8. The van der Waals surface area contributed by atoms with Crippen LogP contribution >= 0.6 is 11.6 Å². The van der Waals surface area contributed by atoms with Gasteiger partial charge in [-0.25, -0.2) is 4.39 Å². The van der Waals surface area contributed by atoms with E-state index in [0.29, 0.717) is 12.0 Å². The van der Waals surface area contributed by atoms with Crippen molar-refractivity contribution in [3.8, 4) is 6.07 Å². The highest BCUT2D eigenvalue weighted by Gasteiger charge is 2.12. The Morgan fingerprint density at radius 2 is 2.11 bits per heavy atom. The molecule has 0 aliphatic heterocycles. The lowest BCUT2D eigenvalue weighted by atomic mass is 9.97. The molecule has 0 saturated heterocycles. The van der Waals surface area contributed by atoms with Crippen LogP contribution in [0.15, 0.2) is 12.1 Å². The fourth-order valence-corrected chi connectivity index (χ4v) is 2.27. The molecule has 0 aliphatic carbocycles. The number of aryl methyl sites for hydroxylation is 1. The topological polar surface area (TPSA) is 49.8 Å². The van der Waals surface area contributed by atoms with Crippen LogP contribution in [-0.2, 0) is 6.42 Å². The van der Waals surface area contributed by atoms with Gasteiger partial charge in [-0.3, -0.25) is 0 Å². The molecule has 19 heavy (non-hydrogen) atoms. The number of benzene rings is 1. The van der Waals surface area contributed by atoms with Gasteiger partial charge in [0.1, 0.15) is 5.82 Å².